The van der Waals surface area contributed by atoms with Gasteiger partial charge in [0.25, 0.3) is 0 Å². The summed E-state index contributed by atoms with van der Waals surface area (Å²) in [5.41, 5.74) is 3.15. The number of anilines is 1. The molecule has 1 aromatic carbocycles. The summed E-state index contributed by atoms with van der Waals surface area (Å²) in [6.07, 6.45) is 5.34. The Hall–Kier alpha value is -0.630. The van der Waals surface area contributed by atoms with Crippen molar-refractivity contribution in [1.82, 2.24) is 10.6 Å². The zero-order chi connectivity index (χ0) is 17.5. The van der Waals surface area contributed by atoms with Gasteiger partial charge in [-0.05, 0) is 42.4 Å². The molecular weight excluding hydrogens is 455 g/mol. The van der Waals surface area contributed by atoms with Gasteiger partial charge in [0, 0.05) is 50.4 Å². The van der Waals surface area contributed by atoms with Crippen molar-refractivity contribution in [2.24, 2.45) is 10.4 Å². The van der Waals surface area contributed by atoms with Crippen molar-refractivity contribution in [1.29, 1.82) is 0 Å². The fourth-order valence-electron chi connectivity index (χ4n) is 3.66. The number of hydrogen-bond acceptors (Lipinski definition) is 3. The monoisotopic (exact) mass is 488 g/mol. The van der Waals surface area contributed by atoms with Crippen LogP contribution in [0.4, 0.5) is 5.69 Å². The van der Waals surface area contributed by atoms with Crippen LogP contribution in [0.15, 0.2) is 29.3 Å². The first-order chi connectivity index (χ1) is 12.2. The van der Waals surface area contributed by atoms with Gasteiger partial charge in [-0.2, -0.15) is 11.8 Å². The summed E-state index contributed by atoms with van der Waals surface area (Å²) in [4.78, 5) is 6.86. The lowest BCUT2D eigenvalue weighted by molar-refractivity contribution is 0.131. The summed E-state index contributed by atoms with van der Waals surface area (Å²) in [6.45, 7) is 6.49. The first kappa shape index (κ1) is 21.7. The molecule has 1 saturated carbocycles. The molecule has 2 aliphatic rings. The van der Waals surface area contributed by atoms with Crippen molar-refractivity contribution in [2.45, 2.75) is 39.2 Å². The number of thioether (sulfide) groups is 1. The van der Waals surface area contributed by atoms with Crippen LogP contribution in [-0.4, -0.2) is 44.1 Å². The highest BCUT2D eigenvalue weighted by molar-refractivity contribution is 14.0. The van der Waals surface area contributed by atoms with Crippen LogP contribution in [0, 0.1) is 5.41 Å². The molecule has 0 aromatic heterocycles. The Morgan fingerprint density at radius 1 is 1.15 bits per heavy atom. The molecule has 0 unspecified atom stereocenters. The second-order valence-corrected chi connectivity index (χ2v) is 8.48. The Balaban J connectivity index is 0.00000243. The Morgan fingerprint density at radius 3 is 2.38 bits per heavy atom. The predicted octanol–water partition coefficient (Wildman–Crippen LogP) is 4.10. The van der Waals surface area contributed by atoms with E-state index in [1.165, 1.54) is 48.4 Å². The molecule has 2 fully saturated rings. The lowest BCUT2D eigenvalue weighted by atomic mass is 9.67. The molecule has 0 spiro atoms. The van der Waals surface area contributed by atoms with Gasteiger partial charge < -0.3 is 15.5 Å². The average Bonchev–Trinajstić information content (AvgIpc) is 2.65. The molecule has 0 atom stereocenters. The second kappa shape index (κ2) is 10.6. The minimum Gasteiger partial charge on any atom is -0.370 e. The number of benzene rings is 1. The summed E-state index contributed by atoms with van der Waals surface area (Å²) in [7, 11) is 1.85. The largest absolute Gasteiger partial charge is 0.370 e. The van der Waals surface area contributed by atoms with Crippen LogP contribution in [0.1, 0.15) is 38.2 Å². The Labute approximate surface area is 180 Å². The normalized spacial score (nSPS) is 19.3. The summed E-state index contributed by atoms with van der Waals surface area (Å²) < 4.78 is 0. The van der Waals surface area contributed by atoms with Gasteiger partial charge in [-0.15, -0.1) is 24.0 Å². The van der Waals surface area contributed by atoms with Gasteiger partial charge in [0.15, 0.2) is 5.96 Å². The predicted molar refractivity (Wildman–Crippen MR) is 126 cm³/mol. The van der Waals surface area contributed by atoms with Gasteiger partial charge in [-0.25, -0.2) is 0 Å². The van der Waals surface area contributed by atoms with E-state index in [0.29, 0.717) is 5.41 Å². The van der Waals surface area contributed by atoms with Gasteiger partial charge >= 0.3 is 0 Å². The molecule has 6 heteroatoms. The van der Waals surface area contributed by atoms with Crippen LogP contribution >= 0.6 is 35.7 Å². The van der Waals surface area contributed by atoms with Gasteiger partial charge in [0.1, 0.15) is 0 Å². The summed E-state index contributed by atoms with van der Waals surface area (Å²) in [5, 5.41) is 6.98. The van der Waals surface area contributed by atoms with Gasteiger partial charge in [0.2, 0.25) is 0 Å². The zero-order valence-corrected chi connectivity index (χ0v) is 19.2. The highest BCUT2D eigenvalue weighted by Gasteiger charge is 2.34. The number of aliphatic imine (C=N–C) groups is 1. The fourth-order valence-corrected chi connectivity index (χ4v) is 4.56. The minimum atomic E-state index is 0. The lowest BCUT2D eigenvalue weighted by Gasteiger charge is -2.41. The molecule has 1 aliphatic heterocycles. The molecule has 0 amide bonds. The fraction of sp³-hybridized carbons (Fsp3) is 0.650. The van der Waals surface area contributed by atoms with Crippen molar-refractivity contribution in [3.05, 3.63) is 29.8 Å². The molecule has 146 valence electrons. The van der Waals surface area contributed by atoms with Crippen molar-refractivity contribution in [3.63, 3.8) is 0 Å². The minimum absolute atomic E-state index is 0. The van der Waals surface area contributed by atoms with E-state index in [-0.39, 0.29) is 24.0 Å². The van der Waals surface area contributed by atoms with Gasteiger partial charge in [0.05, 0.1) is 0 Å². The standard InChI is InChI=1S/C20H32N4S.HI/c1-3-20(9-4-10-20)16-23-19(21-2)22-15-17-5-7-18(8-6-17)24-11-13-25-14-12-24;/h5-8H,3-4,9-16H2,1-2H3,(H2,21,22,23);1H. The Morgan fingerprint density at radius 2 is 1.85 bits per heavy atom. The number of hydrogen-bond donors (Lipinski definition) is 2. The lowest BCUT2D eigenvalue weighted by Crippen LogP contribution is -2.46. The molecule has 26 heavy (non-hydrogen) atoms. The highest BCUT2D eigenvalue weighted by atomic mass is 127. The topological polar surface area (TPSA) is 39.7 Å². The first-order valence-electron chi connectivity index (χ1n) is 9.61. The molecule has 3 rings (SSSR count). The molecule has 2 N–H and O–H groups in total. The van der Waals surface area contributed by atoms with Gasteiger partial charge in [-0.3, -0.25) is 4.99 Å². The molecule has 1 aliphatic carbocycles. The molecule has 0 radical (unpaired) electrons. The Bertz CT molecular complexity index is 560. The van der Waals surface area contributed by atoms with Gasteiger partial charge in [-0.1, -0.05) is 25.5 Å². The number of guanidine groups is 1. The van der Waals surface area contributed by atoms with Crippen molar-refractivity contribution in [3.8, 4) is 0 Å². The van der Waals surface area contributed by atoms with E-state index in [0.717, 1.165) is 32.1 Å². The molecule has 4 nitrogen and oxygen atoms in total. The number of nitrogens with one attached hydrogen (secondary N) is 2. The van der Waals surface area contributed by atoms with Crippen LogP contribution in [0.3, 0.4) is 0 Å². The summed E-state index contributed by atoms with van der Waals surface area (Å²) >= 11 is 2.05. The summed E-state index contributed by atoms with van der Waals surface area (Å²) in [5.74, 6) is 3.40. The second-order valence-electron chi connectivity index (χ2n) is 7.25. The van der Waals surface area contributed by atoms with Crippen LogP contribution in [0.2, 0.25) is 0 Å². The van der Waals surface area contributed by atoms with Crippen LogP contribution in [-0.2, 0) is 6.54 Å². The van der Waals surface area contributed by atoms with E-state index in [1.807, 2.05) is 7.05 Å². The highest BCUT2D eigenvalue weighted by Crippen LogP contribution is 2.42. The van der Waals surface area contributed by atoms with Crippen molar-refractivity contribution >= 4 is 47.4 Å². The first-order valence-corrected chi connectivity index (χ1v) is 10.8. The molecular formula is C20H33IN4S. The third-order valence-electron chi connectivity index (χ3n) is 5.79. The maximum atomic E-state index is 4.37. The van der Waals surface area contributed by atoms with E-state index in [4.69, 9.17) is 0 Å². The maximum Gasteiger partial charge on any atom is 0.191 e. The summed E-state index contributed by atoms with van der Waals surface area (Å²) in [6, 6.07) is 8.97. The number of nitrogens with zero attached hydrogens (tertiary/aromatic N) is 2. The molecule has 1 saturated heterocycles. The quantitative estimate of drug-likeness (QED) is 0.359. The zero-order valence-electron chi connectivity index (χ0n) is 16.1. The molecule has 1 heterocycles. The van der Waals surface area contributed by atoms with Crippen molar-refractivity contribution in [2.75, 3.05) is 43.1 Å². The van der Waals surface area contributed by atoms with Crippen molar-refractivity contribution < 1.29 is 0 Å². The third kappa shape index (κ3) is 5.68. The van der Waals surface area contributed by atoms with E-state index < -0.39 is 0 Å². The number of halogens is 1. The molecule has 1 aromatic rings. The average molecular weight is 488 g/mol. The molecule has 0 bridgehead atoms. The number of rotatable bonds is 6. The smallest absolute Gasteiger partial charge is 0.191 e. The van der Waals surface area contributed by atoms with Crippen LogP contribution in [0.25, 0.3) is 0 Å². The van der Waals surface area contributed by atoms with Crippen LogP contribution < -0.4 is 15.5 Å². The SMILES string of the molecule is CCC1(CNC(=NC)NCc2ccc(N3CCSCC3)cc2)CCC1.I. The van der Waals surface area contributed by atoms with E-state index >= 15 is 0 Å². The maximum absolute atomic E-state index is 4.37. The van der Waals surface area contributed by atoms with E-state index in [1.54, 1.807) is 0 Å². The third-order valence-corrected chi connectivity index (χ3v) is 6.73. The van der Waals surface area contributed by atoms with Crippen LogP contribution in [0.5, 0.6) is 0 Å². The van der Waals surface area contributed by atoms with E-state index in [9.17, 15) is 0 Å². The Kier molecular flexibility index (Phi) is 8.87. The van der Waals surface area contributed by atoms with E-state index in [2.05, 4.69) is 63.5 Å².